The highest BCUT2D eigenvalue weighted by Gasteiger charge is 2.27. The Hall–Kier alpha value is -5.09. The second-order valence-electron chi connectivity index (χ2n) is 9.60. The minimum Gasteiger partial charge on any atom is -0.462 e. The Morgan fingerprint density at radius 1 is 1.00 bits per heavy atom. The molecule has 240 valence electrons. The minimum absolute atomic E-state index is 0.0302. The highest BCUT2D eigenvalue weighted by Crippen LogP contribution is 2.35. The number of carbonyl (C=O) groups is 4. The topological polar surface area (TPSA) is 185 Å². The maximum Gasteiger partial charge on any atom is 0.348 e. The van der Waals surface area contributed by atoms with Gasteiger partial charge in [0.25, 0.3) is 11.6 Å². The number of non-ortho nitro benzene ring substituents is 1. The van der Waals surface area contributed by atoms with Crippen LogP contribution < -0.4 is 10.6 Å². The van der Waals surface area contributed by atoms with E-state index in [4.69, 9.17) is 9.47 Å². The molecular weight excluding hydrogens is 636 g/mol. The Bertz CT molecular complexity index is 1780. The van der Waals surface area contributed by atoms with Crippen LogP contribution in [0.4, 0.5) is 10.7 Å². The Balaban J connectivity index is 1.57. The molecule has 0 aliphatic rings. The van der Waals surface area contributed by atoms with Crippen molar-refractivity contribution in [2.45, 2.75) is 39.4 Å². The van der Waals surface area contributed by atoms with Crippen molar-refractivity contribution in [3.8, 4) is 5.69 Å². The molecule has 2 aromatic carbocycles. The van der Waals surface area contributed by atoms with Gasteiger partial charge < -0.3 is 20.1 Å². The number of nitro groups is 1. The van der Waals surface area contributed by atoms with Crippen LogP contribution in [0, 0.1) is 24.0 Å². The number of ether oxygens (including phenoxy) is 2. The van der Waals surface area contributed by atoms with Crippen LogP contribution in [0.15, 0.2) is 53.7 Å². The third-order valence-corrected chi connectivity index (χ3v) is 8.50. The number of anilines is 1. The van der Waals surface area contributed by atoms with E-state index in [1.54, 1.807) is 43.5 Å². The number of nitrogens with one attached hydrogen (secondary N) is 2. The highest BCUT2D eigenvalue weighted by molar-refractivity contribution is 7.99. The Morgan fingerprint density at radius 3 is 2.35 bits per heavy atom. The molecule has 0 saturated heterocycles. The molecule has 16 heteroatoms. The number of carbonyl (C=O) groups excluding carboxylic acids is 4. The Labute approximate surface area is 271 Å². The summed E-state index contributed by atoms with van der Waals surface area (Å²) in [5.74, 6) is -2.03. The number of nitrogens with zero attached hydrogens (tertiary/aromatic N) is 4. The number of nitro benzene ring substituents is 1. The van der Waals surface area contributed by atoms with E-state index in [9.17, 15) is 29.3 Å². The van der Waals surface area contributed by atoms with Crippen LogP contribution in [0.2, 0.25) is 0 Å². The molecule has 2 aromatic heterocycles. The third kappa shape index (κ3) is 7.94. The van der Waals surface area contributed by atoms with Crippen LogP contribution in [0.5, 0.6) is 0 Å². The second-order valence-corrected chi connectivity index (χ2v) is 11.6. The number of rotatable bonds is 13. The number of thiophene rings is 1. The lowest BCUT2D eigenvalue weighted by Gasteiger charge is -2.11. The van der Waals surface area contributed by atoms with Gasteiger partial charge >= 0.3 is 11.9 Å². The maximum atomic E-state index is 13.1. The molecule has 0 atom stereocenters. The molecule has 0 spiro atoms. The van der Waals surface area contributed by atoms with Gasteiger partial charge in [-0.15, -0.1) is 21.5 Å². The van der Waals surface area contributed by atoms with E-state index in [1.807, 2.05) is 13.0 Å². The highest BCUT2D eigenvalue weighted by atomic mass is 32.2. The van der Waals surface area contributed by atoms with Crippen molar-refractivity contribution in [2.24, 2.45) is 0 Å². The first-order chi connectivity index (χ1) is 22.0. The number of aromatic nitrogens is 3. The lowest BCUT2D eigenvalue weighted by Crippen LogP contribution is -2.24. The predicted octanol–water partition coefficient (Wildman–Crippen LogP) is 4.87. The molecule has 2 N–H and O–H groups in total. The SMILES string of the molecule is CCOC(=O)c1sc(NC(=O)CSc2nnc(CNC(=O)c3cccc(C)c3)n2-c2ccc([N+](=O)[O-])cc2)c(C(=O)OCC)c1C. The summed E-state index contributed by atoms with van der Waals surface area (Å²) in [6.07, 6.45) is 0. The quantitative estimate of drug-likeness (QED) is 0.0859. The Kier molecular flexibility index (Phi) is 11.2. The van der Waals surface area contributed by atoms with Crippen molar-refractivity contribution in [2.75, 3.05) is 24.3 Å². The van der Waals surface area contributed by atoms with Crippen molar-refractivity contribution in [3.63, 3.8) is 0 Å². The first-order valence-corrected chi connectivity index (χ1v) is 15.8. The number of benzene rings is 2. The number of esters is 2. The molecule has 0 saturated carbocycles. The first kappa shape index (κ1) is 33.8. The van der Waals surface area contributed by atoms with Gasteiger partial charge in [0.2, 0.25) is 5.91 Å². The summed E-state index contributed by atoms with van der Waals surface area (Å²) < 4.78 is 11.8. The summed E-state index contributed by atoms with van der Waals surface area (Å²) in [7, 11) is 0. The van der Waals surface area contributed by atoms with Gasteiger partial charge in [0.15, 0.2) is 11.0 Å². The molecule has 0 aliphatic heterocycles. The summed E-state index contributed by atoms with van der Waals surface area (Å²) in [5.41, 5.74) is 2.13. The van der Waals surface area contributed by atoms with Gasteiger partial charge in [-0.1, -0.05) is 29.5 Å². The zero-order valence-corrected chi connectivity index (χ0v) is 27.0. The number of aryl methyl sites for hydroxylation is 1. The third-order valence-electron chi connectivity index (χ3n) is 6.38. The summed E-state index contributed by atoms with van der Waals surface area (Å²) in [6, 6.07) is 12.7. The largest absolute Gasteiger partial charge is 0.462 e. The van der Waals surface area contributed by atoms with Crippen LogP contribution in [0.1, 0.15) is 61.2 Å². The molecule has 2 amide bonds. The molecule has 0 unspecified atom stereocenters. The van der Waals surface area contributed by atoms with Crippen molar-refractivity contribution in [1.82, 2.24) is 20.1 Å². The fourth-order valence-electron chi connectivity index (χ4n) is 4.27. The summed E-state index contributed by atoms with van der Waals surface area (Å²) in [5, 5.41) is 25.5. The van der Waals surface area contributed by atoms with Crippen molar-refractivity contribution >= 4 is 57.5 Å². The number of hydrogen-bond donors (Lipinski definition) is 2. The molecule has 46 heavy (non-hydrogen) atoms. The number of thioether (sulfide) groups is 1. The molecule has 0 bridgehead atoms. The van der Waals surface area contributed by atoms with E-state index in [-0.39, 0.29) is 57.7 Å². The van der Waals surface area contributed by atoms with Crippen LogP contribution in [-0.2, 0) is 20.8 Å². The molecule has 0 radical (unpaired) electrons. The molecule has 4 rings (SSSR count). The zero-order valence-electron chi connectivity index (χ0n) is 25.3. The Morgan fingerprint density at radius 2 is 1.70 bits per heavy atom. The standard InChI is InChI=1S/C30H30N6O8S2/c1-5-43-28(39)24-18(4)25(29(40)44-6-2)46-27(24)32-23(37)16-45-30-34-33-22(15-31-26(38)19-9-7-8-17(3)14-19)35(30)20-10-12-21(13-11-20)36(41)42/h7-14H,5-6,15-16H2,1-4H3,(H,31,38)(H,32,37). The van der Waals surface area contributed by atoms with Gasteiger partial charge in [0, 0.05) is 23.4 Å². The molecular formula is C30H30N6O8S2. The van der Waals surface area contributed by atoms with Gasteiger partial charge in [-0.05, 0) is 57.5 Å². The molecule has 14 nitrogen and oxygen atoms in total. The van der Waals surface area contributed by atoms with Crippen LogP contribution in [0.3, 0.4) is 0 Å². The van der Waals surface area contributed by atoms with E-state index >= 15 is 0 Å². The molecule has 0 aliphatic carbocycles. The zero-order chi connectivity index (χ0) is 33.4. The molecule has 2 heterocycles. The lowest BCUT2D eigenvalue weighted by atomic mass is 10.1. The number of hydrogen-bond acceptors (Lipinski definition) is 12. The molecule has 0 fully saturated rings. The van der Waals surface area contributed by atoms with Gasteiger partial charge in [-0.3, -0.25) is 24.3 Å². The van der Waals surface area contributed by atoms with E-state index in [0.29, 0.717) is 22.6 Å². The molecule has 4 aromatic rings. The smallest absolute Gasteiger partial charge is 0.348 e. The predicted molar refractivity (Wildman–Crippen MR) is 171 cm³/mol. The second kappa shape index (κ2) is 15.3. The average molecular weight is 667 g/mol. The normalized spacial score (nSPS) is 10.7. The fourth-order valence-corrected chi connectivity index (χ4v) is 6.15. The maximum absolute atomic E-state index is 13.1. The van der Waals surface area contributed by atoms with E-state index in [0.717, 1.165) is 28.7 Å². The van der Waals surface area contributed by atoms with E-state index in [2.05, 4.69) is 20.8 Å². The van der Waals surface area contributed by atoms with Gasteiger partial charge in [-0.25, -0.2) is 9.59 Å². The minimum atomic E-state index is -0.690. The summed E-state index contributed by atoms with van der Waals surface area (Å²) in [6.45, 7) is 6.95. The van der Waals surface area contributed by atoms with Crippen molar-refractivity contribution in [1.29, 1.82) is 0 Å². The first-order valence-electron chi connectivity index (χ1n) is 14.0. The fraction of sp³-hybridized carbons (Fsp3) is 0.267. The van der Waals surface area contributed by atoms with Crippen molar-refractivity contribution in [3.05, 3.63) is 91.6 Å². The van der Waals surface area contributed by atoms with Gasteiger partial charge in [0.05, 0.1) is 36.0 Å². The van der Waals surface area contributed by atoms with Crippen molar-refractivity contribution < 1.29 is 33.6 Å². The summed E-state index contributed by atoms with van der Waals surface area (Å²) in [4.78, 5) is 62.0. The monoisotopic (exact) mass is 666 g/mol. The average Bonchev–Trinajstić information content (AvgIpc) is 3.59. The lowest BCUT2D eigenvalue weighted by molar-refractivity contribution is -0.384. The summed E-state index contributed by atoms with van der Waals surface area (Å²) >= 11 is 1.92. The van der Waals surface area contributed by atoms with Gasteiger partial charge in [0.1, 0.15) is 9.88 Å². The van der Waals surface area contributed by atoms with E-state index < -0.39 is 22.8 Å². The van der Waals surface area contributed by atoms with Gasteiger partial charge in [-0.2, -0.15) is 0 Å². The van der Waals surface area contributed by atoms with Crippen LogP contribution in [-0.4, -0.2) is 62.4 Å². The van der Waals surface area contributed by atoms with Crippen LogP contribution >= 0.6 is 23.1 Å². The van der Waals surface area contributed by atoms with Crippen LogP contribution in [0.25, 0.3) is 5.69 Å². The van der Waals surface area contributed by atoms with E-state index in [1.165, 1.54) is 24.3 Å². The number of amides is 2.